The highest BCUT2D eigenvalue weighted by Crippen LogP contribution is 2.27. The standard InChI is InChI=1S/C18H26N2O6S.ClH/c1-4-11-20(14-7-9-19-10-8-14)27(23,24)16-12-13(17(21)25-2)5-6-15(16)18(22)26-3;/h5-6,12,14,19H,4,7-11H2,1-3H3;1H. The van der Waals surface area contributed by atoms with E-state index >= 15 is 0 Å². The lowest BCUT2D eigenvalue weighted by Gasteiger charge is -2.34. The number of piperidine rings is 1. The Labute approximate surface area is 172 Å². The van der Waals surface area contributed by atoms with Crippen LogP contribution in [0.15, 0.2) is 23.1 Å². The van der Waals surface area contributed by atoms with Crippen LogP contribution in [0.4, 0.5) is 0 Å². The summed E-state index contributed by atoms with van der Waals surface area (Å²) in [6, 6.07) is 3.67. The quantitative estimate of drug-likeness (QED) is 0.653. The first-order valence-corrected chi connectivity index (χ1v) is 10.3. The molecule has 0 unspecified atom stereocenters. The van der Waals surface area contributed by atoms with Crippen molar-refractivity contribution in [3.63, 3.8) is 0 Å². The predicted molar refractivity (Wildman–Crippen MR) is 106 cm³/mol. The molecule has 0 aliphatic carbocycles. The Hall–Kier alpha value is -1.68. The zero-order valence-electron chi connectivity index (χ0n) is 16.3. The van der Waals surface area contributed by atoms with Gasteiger partial charge in [-0.2, -0.15) is 4.31 Å². The van der Waals surface area contributed by atoms with E-state index in [4.69, 9.17) is 4.74 Å². The van der Waals surface area contributed by atoms with Gasteiger partial charge < -0.3 is 14.8 Å². The number of sulfonamides is 1. The molecule has 1 aromatic rings. The highest BCUT2D eigenvalue weighted by molar-refractivity contribution is 7.89. The first kappa shape index (κ1) is 24.4. The number of esters is 2. The van der Waals surface area contributed by atoms with E-state index in [0.29, 0.717) is 25.8 Å². The Balaban J connectivity index is 0.00000392. The fourth-order valence-corrected chi connectivity index (χ4v) is 5.18. The van der Waals surface area contributed by atoms with Crippen LogP contribution in [0.2, 0.25) is 0 Å². The van der Waals surface area contributed by atoms with Crippen LogP contribution in [-0.4, -0.2) is 64.6 Å². The molecular weight excluding hydrogens is 408 g/mol. The van der Waals surface area contributed by atoms with Gasteiger partial charge in [-0.1, -0.05) is 6.92 Å². The van der Waals surface area contributed by atoms with Crippen molar-refractivity contribution in [1.29, 1.82) is 0 Å². The molecule has 0 bridgehead atoms. The maximum absolute atomic E-state index is 13.5. The number of ether oxygens (including phenoxy) is 2. The maximum atomic E-state index is 13.5. The monoisotopic (exact) mass is 434 g/mol. The van der Waals surface area contributed by atoms with Gasteiger partial charge in [-0.3, -0.25) is 0 Å². The molecule has 0 spiro atoms. The van der Waals surface area contributed by atoms with Crippen molar-refractivity contribution < 1.29 is 27.5 Å². The maximum Gasteiger partial charge on any atom is 0.339 e. The lowest BCUT2D eigenvalue weighted by Crippen LogP contribution is -2.46. The van der Waals surface area contributed by atoms with Crippen LogP contribution >= 0.6 is 12.4 Å². The minimum Gasteiger partial charge on any atom is -0.465 e. The average Bonchev–Trinajstić information content (AvgIpc) is 2.70. The Morgan fingerprint density at radius 1 is 1.14 bits per heavy atom. The molecule has 0 saturated carbocycles. The van der Waals surface area contributed by atoms with Gasteiger partial charge in [0.2, 0.25) is 10.0 Å². The zero-order valence-corrected chi connectivity index (χ0v) is 17.9. The van der Waals surface area contributed by atoms with Gasteiger partial charge in [0.1, 0.15) is 0 Å². The van der Waals surface area contributed by atoms with E-state index in [0.717, 1.165) is 13.1 Å². The number of nitrogens with zero attached hydrogens (tertiary/aromatic N) is 1. The number of carbonyl (C=O) groups excluding carboxylic acids is 2. The molecule has 0 radical (unpaired) electrons. The first-order valence-electron chi connectivity index (χ1n) is 8.90. The summed E-state index contributed by atoms with van der Waals surface area (Å²) < 4.78 is 37.8. The smallest absolute Gasteiger partial charge is 0.339 e. The molecule has 0 atom stereocenters. The van der Waals surface area contributed by atoms with Gasteiger partial charge in [0, 0.05) is 12.6 Å². The fraction of sp³-hybridized carbons (Fsp3) is 0.556. The second-order valence-electron chi connectivity index (χ2n) is 6.29. The largest absolute Gasteiger partial charge is 0.465 e. The van der Waals surface area contributed by atoms with Crippen molar-refractivity contribution in [1.82, 2.24) is 9.62 Å². The summed E-state index contributed by atoms with van der Waals surface area (Å²) in [5, 5.41) is 3.22. The van der Waals surface area contributed by atoms with Crippen LogP contribution in [0.1, 0.15) is 46.9 Å². The minimum atomic E-state index is -4.02. The van der Waals surface area contributed by atoms with Gasteiger partial charge in [0.15, 0.2) is 0 Å². The van der Waals surface area contributed by atoms with Crippen LogP contribution in [-0.2, 0) is 19.5 Å². The molecule has 158 valence electrons. The number of halogens is 1. The summed E-state index contributed by atoms with van der Waals surface area (Å²) in [4.78, 5) is 23.8. The van der Waals surface area contributed by atoms with Gasteiger partial charge in [-0.05, 0) is 50.6 Å². The molecule has 1 aromatic carbocycles. The van der Waals surface area contributed by atoms with E-state index in [1.807, 2.05) is 6.92 Å². The molecule has 1 N–H and O–H groups in total. The summed E-state index contributed by atoms with van der Waals surface area (Å²) in [5.74, 6) is -1.45. The summed E-state index contributed by atoms with van der Waals surface area (Å²) >= 11 is 0. The third-order valence-electron chi connectivity index (χ3n) is 4.55. The van der Waals surface area contributed by atoms with E-state index in [1.165, 1.54) is 36.7 Å². The van der Waals surface area contributed by atoms with Crippen molar-refractivity contribution >= 4 is 34.4 Å². The Kier molecular flexibility index (Phi) is 9.35. The van der Waals surface area contributed by atoms with Crippen LogP contribution in [0.25, 0.3) is 0 Å². The van der Waals surface area contributed by atoms with E-state index in [1.54, 1.807) is 0 Å². The summed E-state index contributed by atoms with van der Waals surface area (Å²) in [6.45, 7) is 3.69. The number of methoxy groups -OCH3 is 2. The number of hydrogen-bond donors (Lipinski definition) is 1. The molecule has 1 aliphatic rings. The second kappa shape index (κ2) is 10.8. The number of carbonyl (C=O) groups is 2. The molecular formula is C18H27ClN2O6S. The molecule has 0 aromatic heterocycles. The summed E-state index contributed by atoms with van der Waals surface area (Å²) in [6.07, 6.45) is 2.00. The third-order valence-corrected chi connectivity index (χ3v) is 6.55. The van der Waals surface area contributed by atoms with E-state index in [-0.39, 0.29) is 34.5 Å². The van der Waals surface area contributed by atoms with E-state index in [2.05, 4.69) is 10.1 Å². The SMILES string of the molecule is CCCN(C1CCNCC1)S(=O)(=O)c1cc(C(=O)OC)ccc1C(=O)OC.Cl. The van der Waals surface area contributed by atoms with Crippen molar-refractivity contribution in [3.05, 3.63) is 29.3 Å². The van der Waals surface area contributed by atoms with Crippen LogP contribution < -0.4 is 5.32 Å². The molecule has 10 heteroatoms. The number of benzene rings is 1. The Bertz CT molecular complexity index is 793. The second-order valence-corrected chi connectivity index (χ2v) is 8.15. The normalized spacial score (nSPS) is 15.0. The van der Waals surface area contributed by atoms with E-state index < -0.39 is 22.0 Å². The van der Waals surface area contributed by atoms with Gasteiger partial charge in [-0.25, -0.2) is 18.0 Å². The molecule has 2 rings (SSSR count). The lowest BCUT2D eigenvalue weighted by molar-refractivity contribution is 0.0583. The summed E-state index contributed by atoms with van der Waals surface area (Å²) in [7, 11) is -1.62. The van der Waals surface area contributed by atoms with E-state index in [9.17, 15) is 18.0 Å². The first-order chi connectivity index (χ1) is 12.9. The van der Waals surface area contributed by atoms with Crippen molar-refractivity contribution in [2.24, 2.45) is 0 Å². The minimum absolute atomic E-state index is 0. The molecule has 1 heterocycles. The molecule has 1 fully saturated rings. The average molecular weight is 435 g/mol. The van der Waals surface area contributed by atoms with Crippen LogP contribution in [0, 0.1) is 0 Å². The van der Waals surface area contributed by atoms with Crippen LogP contribution in [0.5, 0.6) is 0 Å². The predicted octanol–water partition coefficient (Wildman–Crippen LogP) is 1.83. The van der Waals surface area contributed by atoms with Gasteiger partial charge in [0.25, 0.3) is 0 Å². The molecule has 0 amide bonds. The lowest BCUT2D eigenvalue weighted by atomic mass is 10.1. The molecule has 1 aliphatic heterocycles. The number of hydrogen-bond acceptors (Lipinski definition) is 7. The van der Waals surface area contributed by atoms with Gasteiger partial charge >= 0.3 is 11.9 Å². The topological polar surface area (TPSA) is 102 Å². The molecule has 1 saturated heterocycles. The zero-order chi connectivity index (χ0) is 20.0. The summed E-state index contributed by atoms with van der Waals surface area (Å²) in [5.41, 5.74) is -0.0364. The third kappa shape index (κ3) is 5.22. The van der Waals surface area contributed by atoms with Gasteiger partial charge in [0.05, 0.1) is 30.2 Å². The highest BCUT2D eigenvalue weighted by Gasteiger charge is 2.35. The van der Waals surface area contributed by atoms with Crippen LogP contribution in [0.3, 0.4) is 0 Å². The Morgan fingerprint density at radius 3 is 2.29 bits per heavy atom. The molecule has 8 nitrogen and oxygen atoms in total. The molecule has 28 heavy (non-hydrogen) atoms. The van der Waals surface area contributed by atoms with Gasteiger partial charge in [-0.15, -0.1) is 12.4 Å². The number of nitrogens with one attached hydrogen (secondary N) is 1. The van der Waals surface area contributed by atoms with Crippen molar-refractivity contribution in [2.75, 3.05) is 33.9 Å². The highest BCUT2D eigenvalue weighted by atomic mass is 35.5. The fourth-order valence-electron chi connectivity index (χ4n) is 3.20. The van der Waals surface area contributed by atoms with Crippen molar-refractivity contribution in [3.8, 4) is 0 Å². The van der Waals surface area contributed by atoms with Crippen molar-refractivity contribution in [2.45, 2.75) is 37.1 Å². The number of rotatable bonds is 7. The Morgan fingerprint density at radius 2 is 1.75 bits per heavy atom.